The van der Waals surface area contributed by atoms with Gasteiger partial charge in [-0.25, -0.2) is 8.78 Å². The Hall–Kier alpha value is -4.52. The van der Waals surface area contributed by atoms with Crippen molar-refractivity contribution in [3.8, 4) is 11.1 Å². The van der Waals surface area contributed by atoms with Crippen molar-refractivity contribution in [3.05, 3.63) is 135 Å². The first-order valence-corrected chi connectivity index (χ1v) is 17.6. The van der Waals surface area contributed by atoms with Gasteiger partial charge < -0.3 is 19.1 Å². The van der Waals surface area contributed by atoms with Crippen LogP contribution in [0.5, 0.6) is 0 Å². The number of hydrogen-bond acceptors (Lipinski definition) is 5. The van der Waals surface area contributed by atoms with E-state index in [1.54, 1.807) is 24.3 Å². The van der Waals surface area contributed by atoms with Gasteiger partial charge in [-0.3, -0.25) is 9.59 Å². The standard InChI is InChI=1S/C41H40F5N3O3S/c1-27-6-15-34-36(22-27)49(39(23-37(34)50)53-26-31-4-3-5-35(42)40(31)43)25-38(51)48(33-16-18-47(19-17-33)20-21-52-2)24-28-7-9-29(10-8-28)30-11-13-32(14-12-30)41(44,45)46/h3-15,22-23,33H,16-21,24-26H2,1-2H3/i2D3,6D,15D,20D2,22D,23D. The molecule has 1 saturated heterocycles. The highest BCUT2D eigenvalue weighted by molar-refractivity contribution is 7.98. The van der Waals surface area contributed by atoms with Crippen LogP contribution in [0.1, 0.15) is 47.4 Å². The van der Waals surface area contributed by atoms with E-state index in [0.29, 0.717) is 16.7 Å². The smallest absolute Gasteiger partial charge is 0.383 e. The predicted octanol–water partition coefficient (Wildman–Crippen LogP) is 8.71. The van der Waals surface area contributed by atoms with Gasteiger partial charge in [0.2, 0.25) is 5.91 Å². The van der Waals surface area contributed by atoms with Crippen molar-refractivity contribution in [2.45, 2.75) is 55.9 Å². The molecule has 0 radical (unpaired) electrons. The van der Waals surface area contributed by atoms with Gasteiger partial charge in [0, 0.05) is 64.7 Å². The van der Waals surface area contributed by atoms with Crippen LogP contribution in [0.15, 0.2) is 101 Å². The summed E-state index contributed by atoms with van der Waals surface area (Å²) in [5, 5.41) is -0.618. The zero-order chi connectivity index (χ0) is 45.5. The fraction of sp³-hybridized carbons (Fsp3) is 0.317. The lowest BCUT2D eigenvalue weighted by Crippen LogP contribution is -2.48. The van der Waals surface area contributed by atoms with E-state index in [1.807, 2.05) is 0 Å². The minimum atomic E-state index is -4.51. The third-order valence-electron chi connectivity index (χ3n) is 9.01. The zero-order valence-electron chi connectivity index (χ0n) is 37.4. The zero-order valence-corrected chi connectivity index (χ0v) is 29.3. The number of carbonyl (C=O) groups excluding carboxylic acids is 1. The van der Waals surface area contributed by atoms with E-state index in [-0.39, 0.29) is 65.9 Å². The summed E-state index contributed by atoms with van der Waals surface area (Å²) < 4.78 is 148. The predicted molar refractivity (Wildman–Crippen MR) is 198 cm³/mol. The van der Waals surface area contributed by atoms with Gasteiger partial charge in [-0.1, -0.05) is 54.6 Å². The second-order valence-corrected chi connectivity index (χ2v) is 13.5. The lowest BCUT2D eigenvalue weighted by atomic mass is 10.00. The van der Waals surface area contributed by atoms with Crippen molar-refractivity contribution in [2.24, 2.45) is 0 Å². The Morgan fingerprint density at radius 3 is 2.40 bits per heavy atom. The number of pyridine rings is 1. The molecule has 1 aliphatic heterocycles. The Morgan fingerprint density at radius 1 is 1.02 bits per heavy atom. The molecule has 2 heterocycles. The molecule has 1 fully saturated rings. The van der Waals surface area contributed by atoms with E-state index in [1.165, 1.54) is 45.6 Å². The summed E-state index contributed by atoms with van der Waals surface area (Å²) in [6, 6.07) is 12.3. The number of methoxy groups -OCH3 is 1. The summed E-state index contributed by atoms with van der Waals surface area (Å²) in [5.74, 6) is -3.19. The van der Waals surface area contributed by atoms with Crippen molar-refractivity contribution in [1.29, 1.82) is 0 Å². The molecule has 0 N–H and O–H groups in total. The van der Waals surface area contributed by atoms with Gasteiger partial charge in [0.15, 0.2) is 17.1 Å². The summed E-state index contributed by atoms with van der Waals surface area (Å²) in [6.45, 7) is -2.06. The fourth-order valence-corrected chi connectivity index (χ4v) is 7.20. The number of ether oxygens (including phenoxy) is 1. The summed E-state index contributed by atoms with van der Waals surface area (Å²) in [5.41, 5.74) is -0.420. The molecule has 53 heavy (non-hydrogen) atoms. The molecule has 0 unspecified atom stereocenters. The average molecular weight is 759 g/mol. The fourth-order valence-electron chi connectivity index (χ4n) is 6.21. The van der Waals surface area contributed by atoms with Crippen molar-refractivity contribution >= 4 is 28.6 Å². The lowest BCUT2D eigenvalue weighted by molar-refractivity contribution is -0.137. The van der Waals surface area contributed by atoms with Crippen LogP contribution in [0, 0.1) is 18.6 Å². The molecule has 1 amide bonds. The minimum Gasteiger partial charge on any atom is -0.383 e. The van der Waals surface area contributed by atoms with Crippen LogP contribution in [-0.4, -0.2) is 59.5 Å². The van der Waals surface area contributed by atoms with E-state index >= 15 is 0 Å². The monoisotopic (exact) mass is 758 g/mol. The molecular weight excluding hydrogens is 710 g/mol. The number of carbonyl (C=O) groups is 1. The Kier molecular flexibility index (Phi) is 8.80. The topological polar surface area (TPSA) is 54.8 Å². The van der Waals surface area contributed by atoms with Crippen molar-refractivity contribution in [3.63, 3.8) is 0 Å². The van der Waals surface area contributed by atoms with Gasteiger partial charge in [-0.15, -0.1) is 11.8 Å². The van der Waals surface area contributed by atoms with Crippen molar-refractivity contribution in [1.82, 2.24) is 14.4 Å². The number of amides is 1. The molecule has 1 aliphatic rings. The number of nitrogens with zero attached hydrogens (tertiary/aromatic N) is 3. The maximum absolute atomic E-state index is 14.9. The third kappa shape index (κ3) is 9.17. The summed E-state index contributed by atoms with van der Waals surface area (Å²) in [7, 11) is -2.83. The first-order chi connectivity index (χ1) is 29.0. The van der Waals surface area contributed by atoms with Crippen LogP contribution in [0.3, 0.4) is 0 Å². The normalized spacial score (nSPS) is 17.1. The second kappa shape index (κ2) is 16.7. The highest BCUT2D eigenvalue weighted by atomic mass is 32.2. The van der Waals surface area contributed by atoms with Gasteiger partial charge in [0.05, 0.1) is 32.3 Å². The van der Waals surface area contributed by atoms with E-state index in [4.69, 9.17) is 17.1 Å². The SMILES string of the molecule is [2H]c1c(C)c([2H])c2c(c1[2H])c(=O)c([2H])c(SCc1cccc(F)c1F)n2CC(=O)N(Cc1ccc(-c2ccc(C(F)(F)F)cc2)cc1)C1CCN(C([2H])([2H])COC([2H])([2H])[2H])CC1. The first kappa shape index (κ1) is 28.0. The molecule has 0 spiro atoms. The van der Waals surface area contributed by atoms with Crippen molar-refractivity contribution < 1.29 is 43.8 Å². The number of rotatable bonds is 12. The van der Waals surface area contributed by atoms with Gasteiger partial charge in [0.25, 0.3) is 0 Å². The number of likely N-dealkylation sites (tertiary alicyclic amines) is 1. The number of halogens is 5. The summed E-state index contributed by atoms with van der Waals surface area (Å²) >= 11 is 0.751. The summed E-state index contributed by atoms with van der Waals surface area (Å²) in [6.07, 6.45) is -4.13. The molecule has 0 aliphatic carbocycles. The van der Waals surface area contributed by atoms with Crippen LogP contribution >= 0.6 is 11.8 Å². The molecule has 6 nitrogen and oxygen atoms in total. The molecule has 12 heteroatoms. The van der Waals surface area contributed by atoms with Gasteiger partial charge in [0.1, 0.15) is 6.54 Å². The number of benzene rings is 4. The highest BCUT2D eigenvalue weighted by Crippen LogP contribution is 2.32. The number of hydrogen-bond donors (Lipinski definition) is 0. The van der Waals surface area contributed by atoms with Gasteiger partial charge in [-0.05, 0) is 72.3 Å². The Bertz CT molecular complexity index is 2530. The Labute approximate surface area is 321 Å². The molecule has 0 atom stereocenters. The Balaban J connectivity index is 1.39. The van der Waals surface area contributed by atoms with Crippen LogP contribution < -0.4 is 5.43 Å². The van der Waals surface area contributed by atoms with Crippen LogP contribution in [0.25, 0.3) is 22.0 Å². The number of piperidine rings is 1. The quantitative estimate of drug-likeness (QED) is 0.0942. The number of aromatic nitrogens is 1. The molecule has 5 aromatic rings. The van der Waals surface area contributed by atoms with E-state index in [9.17, 15) is 31.5 Å². The highest BCUT2D eigenvalue weighted by Gasteiger charge is 2.31. The summed E-state index contributed by atoms with van der Waals surface area (Å²) in [4.78, 5) is 31.5. The molecule has 4 aromatic carbocycles. The number of thioether (sulfide) groups is 1. The Morgan fingerprint density at radius 2 is 1.72 bits per heavy atom. The number of alkyl halides is 3. The van der Waals surface area contributed by atoms with Crippen LogP contribution in [0.4, 0.5) is 22.0 Å². The molecular formula is C41H40F5N3O3S. The molecule has 0 saturated carbocycles. The second-order valence-electron chi connectivity index (χ2n) is 12.5. The first-order valence-electron chi connectivity index (χ1n) is 21.1. The van der Waals surface area contributed by atoms with E-state index in [0.717, 1.165) is 30.0 Å². The van der Waals surface area contributed by atoms with E-state index in [2.05, 4.69) is 0 Å². The lowest BCUT2D eigenvalue weighted by Gasteiger charge is -2.39. The van der Waals surface area contributed by atoms with Crippen LogP contribution in [0.2, 0.25) is 0 Å². The molecule has 0 bridgehead atoms. The molecule has 1 aromatic heterocycles. The molecule has 6 rings (SSSR count). The average Bonchev–Trinajstić information content (AvgIpc) is 3.22. The van der Waals surface area contributed by atoms with Gasteiger partial charge >= 0.3 is 6.18 Å². The van der Waals surface area contributed by atoms with Crippen molar-refractivity contribution in [2.75, 3.05) is 33.2 Å². The largest absolute Gasteiger partial charge is 0.416 e. The molecule has 278 valence electrons. The number of fused-ring (bicyclic) bond motifs is 1. The van der Waals surface area contributed by atoms with E-state index < -0.39 is 91.0 Å². The maximum atomic E-state index is 14.9. The minimum absolute atomic E-state index is 0.0158. The van der Waals surface area contributed by atoms with Gasteiger partial charge in [-0.2, -0.15) is 13.2 Å². The third-order valence-corrected chi connectivity index (χ3v) is 10.1. The maximum Gasteiger partial charge on any atom is 0.416 e. The van der Waals surface area contributed by atoms with Crippen LogP contribution in [-0.2, 0) is 34.6 Å².